The lowest BCUT2D eigenvalue weighted by Gasteiger charge is -2.50. The van der Waals surface area contributed by atoms with Crippen LogP contribution in [0.5, 0.6) is 0 Å². The van der Waals surface area contributed by atoms with Crippen molar-refractivity contribution in [1.82, 2.24) is 14.7 Å². The van der Waals surface area contributed by atoms with Gasteiger partial charge in [0, 0.05) is 23.2 Å². The number of aliphatic imine (C=N–C) groups is 1. The Bertz CT molecular complexity index is 823. The highest BCUT2D eigenvalue weighted by molar-refractivity contribution is 6.02. The molecular formula is C22H28N4. The van der Waals surface area contributed by atoms with Crippen LogP contribution >= 0.6 is 0 Å². The van der Waals surface area contributed by atoms with E-state index in [4.69, 9.17) is 10.1 Å². The average molecular weight is 348 g/mol. The second kappa shape index (κ2) is 5.97. The van der Waals surface area contributed by atoms with Crippen LogP contribution in [0.1, 0.15) is 76.0 Å². The van der Waals surface area contributed by atoms with Crippen molar-refractivity contribution in [3.63, 3.8) is 0 Å². The summed E-state index contributed by atoms with van der Waals surface area (Å²) in [5.41, 5.74) is 2.71. The molecule has 2 fully saturated rings. The van der Waals surface area contributed by atoms with Crippen molar-refractivity contribution in [2.75, 3.05) is 0 Å². The van der Waals surface area contributed by atoms with Crippen molar-refractivity contribution in [2.45, 2.75) is 76.4 Å². The van der Waals surface area contributed by atoms with Crippen LogP contribution in [0.15, 0.2) is 41.5 Å². The van der Waals surface area contributed by atoms with Crippen molar-refractivity contribution in [2.24, 2.45) is 4.99 Å². The minimum Gasteiger partial charge on any atom is -0.343 e. The lowest BCUT2D eigenvalue weighted by atomic mass is 9.74. The Labute approximate surface area is 155 Å². The van der Waals surface area contributed by atoms with Crippen molar-refractivity contribution < 1.29 is 0 Å². The fourth-order valence-electron chi connectivity index (χ4n) is 4.95. The molecule has 1 spiro atoms. The molecule has 1 aromatic heterocycles. The molecule has 1 aromatic carbocycles. The van der Waals surface area contributed by atoms with E-state index in [1.54, 1.807) is 0 Å². The van der Waals surface area contributed by atoms with Gasteiger partial charge in [-0.3, -0.25) is 0 Å². The normalized spacial score (nSPS) is 21.8. The third-order valence-electron chi connectivity index (χ3n) is 6.29. The van der Waals surface area contributed by atoms with Gasteiger partial charge in [-0.1, -0.05) is 49.6 Å². The molecule has 4 heteroatoms. The lowest BCUT2D eigenvalue weighted by molar-refractivity contribution is 0.106. The van der Waals surface area contributed by atoms with E-state index in [9.17, 15) is 0 Å². The van der Waals surface area contributed by atoms with Gasteiger partial charge in [-0.25, -0.2) is 9.67 Å². The molecule has 1 aliphatic heterocycles. The highest BCUT2D eigenvalue weighted by Gasteiger charge is 2.51. The summed E-state index contributed by atoms with van der Waals surface area (Å²) in [6.45, 7) is 4.40. The Kier molecular flexibility index (Phi) is 3.70. The predicted octanol–water partition coefficient (Wildman–Crippen LogP) is 5.18. The molecule has 0 N–H and O–H groups in total. The first-order valence-electron chi connectivity index (χ1n) is 10.2. The molecule has 0 amide bonds. The zero-order valence-electron chi connectivity index (χ0n) is 15.9. The van der Waals surface area contributed by atoms with E-state index < -0.39 is 0 Å². The van der Waals surface area contributed by atoms with E-state index in [0.29, 0.717) is 12.1 Å². The van der Waals surface area contributed by atoms with Crippen LogP contribution in [0.2, 0.25) is 0 Å². The molecule has 136 valence electrons. The van der Waals surface area contributed by atoms with Gasteiger partial charge in [0.1, 0.15) is 5.84 Å². The summed E-state index contributed by atoms with van der Waals surface area (Å²) in [5, 5.41) is 4.77. The van der Waals surface area contributed by atoms with Crippen molar-refractivity contribution >= 4 is 11.7 Å². The quantitative estimate of drug-likeness (QED) is 0.766. The van der Waals surface area contributed by atoms with E-state index >= 15 is 0 Å². The Morgan fingerprint density at radius 3 is 2.42 bits per heavy atom. The summed E-state index contributed by atoms with van der Waals surface area (Å²) in [7, 11) is 0. The zero-order chi connectivity index (χ0) is 17.7. The fraction of sp³-hybridized carbons (Fsp3) is 0.545. The minimum absolute atomic E-state index is 0.0921. The number of nitrogens with zero attached hydrogens (tertiary/aromatic N) is 4. The van der Waals surface area contributed by atoms with Gasteiger partial charge in [0.15, 0.2) is 5.82 Å². The molecule has 2 aliphatic carbocycles. The van der Waals surface area contributed by atoms with Gasteiger partial charge in [-0.05, 0) is 39.5 Å². The Morgan fingerprint density at radius 2 is 1.77 bits per heavy atom. The molecule has 0 unspecified atom stereocenters. The van der Waals surface area contributed by atoms with Crippen LogP contribution in [0.25, 0.3) is 0 Å². The molecule has 5 rings (SSSR count). The largest absolute Gasteiger partial charge is 0.343 e. The van der Waals surface area contributed by atoms with Gasteiger partial charge in [0.05, 0.1) is 11.7 Å². The molecule has 0 radical (unpaired) electrons. The maximum atomic E-state index is 5.23. The third kappa shape index (κ3) is 2.34. The van der Waals surface area contributed by atoms with Crippen molar-refractivity contribution in [3.05, 3.63) is 47.7 Å². The van der Waals surface area contributed by atoms with Gasteiger partial charge in [0.2, 0.25) is 0 Å². The van der Waals surface area contributed by atoms with Gasteiger partial charge in [-0.2, -0.15) is 5.10 Å². The van der Waals surface area contributed by atoms with Crippen LogP contribution < -0.4 is 0 Å². The number of rotatable bonds is 3. The summed E-state index contributed by atoms with van der Waals surface area (Å²) in [5.74, 6) is 2.27. The van der Waals surface area contributed by atoms with Crippen LogP contribution in [-0.4, -0.2) is 26.6 Å². The van der Waals surface area contributed by atoms with E-state index in [2.05, 4.69) is 60.0 Å². The van der Waals surface area contributed by atoms with E-state index in [1.807, 2.05) is 0 Å². The summed E-state index contributed by atoms with van der Waals surface area (Å²) in [6.07, 6.45) is 11.1. The number of amidine groups is 1. The highest BCUT2D eigenvalue weighted by atomic mass is 15.4. The predicted molar refractivity (Wildman–Crippen MR) is 105 cm³/mol. The van der Waals surface area contributed by atoms with Gasteiger partial charge in [0.25, 0.3) is 0 Å². The molecule has 3 aliphatic rings. The molecule has 0 bridgehead atoms. The summed E-state index contributed by atoms with van der Waals surface area (Å²) >= 11 is 0. The van der Waals surface area contributed by atoms with Crippen LogP contribution in [0, 0.1) is 0 Å². The monoisotopic (exact) mass is 348 g/mol. The maximum absolute atomic E-state index is 5.23. The highest BCUT2D eigenvalue weighted by Crippen LogP contribution is 2.53. The molecule has 2 aromatic rings. The fourth-order valence-corrected chi connectivity index (χ4v) is 4.95. The summed E-state index contributed by atoms with van der Waals surface area (Å²) in [6, 6.07) is 11.7. The smallest absolute Gasteiger partial charge is 0.158 e. The molecule has 26 heavy (non-hydrogen) atoms. The summed E-state index contributed by atoms with van der Waals surface area (Å²) < 4.78 is 2.12. The molecule has 0 saturated heterocycles. The minimum atomic E-state index is 0.0921. The number of aromatic nitrogens is 2. The molecule has 4 nitrogen and oxygen atoms in total. The second-order valence-electron chi connectivity index (χ2n) is 8.42. The SMILES string of the molecule is CC(C)n1ncc2c1N=C(c1ccccc1)N(C1CC1)C21CCCCC1. The number of hydrogen-bond donors (Lipinski definition) is 0. The van der Waals surface area contributed by atoms with Crippen LogP contribution in [-0.2, 0) is 5.54 Å². The Morgan fingerprint density at radius 1 is 1.04 bits per heavy atom. The summed E-state index contributed by atoms with van der Waals surface area (Å²) in [4.78, 5) is 7.94. The Balaban J connectivity index is 1.75. The van der Waals surface area contributed by atoms with Crippen molar-refractivity contribution in [1.29, 1.82) is 0 Å². The number of hydrogen-bond acceptors (Lipinski definition) is 3. The standard InChI is InChI=1S/C22H28N4/c1-16(2)26-21-19(15-23-26)22(13-7-4-8-14-22)25(18-11-12-18)20(24-21)17-9-5-3-6-10-17/h3,5-6,9-10,15-16,18H,4,7-8,11-14H2,1-2H3. The third-order valence-corrected chi connectivity index (χ3v) is 6.29. The first-order chi connectivity index (χ1) is 12.7. The Hall–Kier alpha value is -2.10. The number of benzene rings is 1. The average Bonchev–Trinajstić information content (AvgIpc) is 3.40. The molecule has 0 atom stereocenters. The van der Waals surface area contributed by atoms with Crippen LogP contribution in [0.3, 0.4) is 0 Å². The molecule has 2 saturated carbocycles. The first-order valence-corrected chi connectivity index (χ1v) is 10.2. The van der Waals surface area contributed by atoms with Gasteiger partial charge in [-0.15, -0.1) is 0 Å². The molecule has 2 heterocycles. The second-order valence-corrected chi connectivity index (χ2v) is 8.42. The topological polar surface area (TPSA) is 33.4 Å². The van der Waals surface area contributed by atoms with E-state index in [0.717, 1.165) is 5.82 Å². The van der Waals surface area contributed by atoms with Crippen LogP contribution in [0.4, 0.5) is 5.82 Å². The number of fused-ring (bicyclic) bond motifs is 2. The molecular weight excluding hydrogens is 320 g/mol. The van der Waals surface area contributed by atoms with Gasteiger partial charge < -0.3 is 4.90 Å². The lowest BCUT2D eigenvalue weighted by Crippen LogP contribution is -2.53. The zero-order valence-corrected chi connectivity index (χ0v) is 15.9. The first kappa shape index (κ1) is 16.1. The van der Waals surface area contributed by atoms with Gasteiger partial charge >= 0.3 is 0 Å². The van der Waals surface area contributed by atoms with E-state index in [-0.39, 0.29) is 5.54 Å². The maximum Gasteiger partial charge on any atom is 0.158 e. The van der Waals surface area contributed by atoms with E-state index in [1.165, 1.54) is 61.9 Å². The van der Waals surface area contributed by atoms with Crippen molar-refractivity contribution in [3.8, 4) is 0 Å².